The normalized spacial score (nSPS) is 16.7. The smallest absolute Gasteiger partial charge is 0.304 e. The first-order valence-corrected chi connectivity index (χ1v) is 10.6. The summed E-state index contributed by atoms with van der Waals surface area (Å²) in [4.78, 5) is 27.5. The van der Waals surface area contributed by atoms with Crippen LogP contribution < -0.4 is 10.3 Å². The van der Waals surface area contributed by atoms with E-state index >= 15 is 0 Å². The third-order valence-corrected chi connectivity index (χ3v) is 5.95. The number of anilines is 1. The molecular formula is C24H32N3O2+. The van der Waals surface area contributed by atoms with Crippen LogP contribution in [-0.4, -0.2) is 43.1 Å². The summed E-state index contributed by atoms with van der Waals surface area (Å²) in [7, 11) is 1.75. The SMILES string of the molecule is CN[N+](C=O)(CCc1ccccc1)CC(=O)N(c1ccccc1)C1CCCCC1. The molecule has 3 rings (SSSR count). The summed E-state index contributed by atoms with van der Waals surface area (Å²) in [6.07, 6.45) is 7.16. The van der Waals surface area contributed by atoms with Crippen molar-refractivity contribution in [3.8, 4) is 0 Å². The van der Waals surface area contributed by atoms with E-state index in [1.54, 1.807) is 7.05 Å². The van der Waals surface area contributed by atoms with E-state index in [2.05, 4.69) is 17.6 Å². The highest BCUT2D eigenvalue weighted by Gasteiger charge is 2.35. The van der Waals surface area contributed by atoms with Crippen LogP contribution in [0.15, 0.2) is 60.7 Å². The Morgan fingerprint density at radius 3 is 2.24 bits per heavy atom. The number of hydrogen-bond acceptors (Lipinski definition) is 3. The van der Waals surface area contributed by atoms with Gasteiger partial charge in [-0.15, -0.1) is 0 Å². The van der Waals surface area contributed by atoms with Crippen LogP contribution in [0.2, 0.25) is 0 Å². The van der Waals surface area contributed by atoms with Crippen molar-refractivity contribution in [2.45, 2.75) is 44.6 Å². The quantitative estimate of drug-likeness (QED) is 0.401. The Kier molecular flexibility index (Phi) is 7.55. The van der Waals surface area contributed by atoms with Crippen LogP contribution in [-0.2, 0) is 16.0 Å². The number of quaternary nitrogens is 1. The third-order valence-electron chi connectivity index (χ3n) is 5.95. The van der Waals surface area contributed by atoms with Gasteiger partial charge in [-0.2, -0.15) is 10.0 Å². The van der Waals surface area contributed by atoms with Gasteiger partial charge < -0.3 is 4.90 Å². The van der Waals surface area contributed by atoms with E-state index < -0.39 is 0 Å². The Balaban J connectivity index is 1.78. The minimum absolute atomic E-state index is 0.00221. The summed E-state index contributed by atoms with van der Waals surface area (Å²) in [6, 6.07) is 20.2. The molecule has 1 fully saturated rings. The van der Waals surface area contributed by atoms with Crippen LogP contribution in [0.25, 0.3) is 0 Å². The summed E-state index contributed by atoms with van der Waals surface area (Å²) < 4.78 is -0.0796. The predicted octanol–water partition coefficient (Wildman–Crippen LogP) is 3.70. The highest BCUT2D eigenvalue weighted by atomic mass is 16.2. The molecule has 0 spiro atoms. The standard InChI is InChI=1S/C24H32N3O2/c1-25-27(20-28,18-17-21-11-5-2-6-12-21)19-24(29)26(22-13-7-3-8-14-22)23-15-9-4-10-16-23/h2-3,5-8,11-14,20,23,25H,4,9-10,15-19H2,1H3/q+1. The molecule has 2 aromatic rings. The summed E-state index contributed by atoms with van der Waals surface area (Å²) in [5.41, 5.74) is 5.18. The van der Waals surface area contributed by atoms with Crippen molar-refractivity contribution < 1.29 is 14.2 Å². The van der Waals surface area contributed by atoms with Crippen LogP contribution in [0.4, 0.5) is 5.69 Å². The first kappa shape index (κ1) is 21.2. The fourth-order valence-electron chi connectivity index (χ4n) is 4.19. The zero-order chi connectivity index (χ0) is 20.5. The molecule has 2 amide bonds. The van der Waals surface area contributed by atoms with E-state index in [0.29, 0.717) is 6.54 Å². The molecule has 0 aromatic heterocycles. The minimum Gasteiger partial charge on any atom is -0.304 e. The van der Waals surface area contributed by atoms with Crippen LogP contribution in [0.3, 0.4) is 0 Å². The number of carbonyl (C=O) groups is 2. The van der Waals surface area contributed by atoms with E-state index in [1.807, 2.05) is 53.4 Å². The molecular weight excluding hydrogens is 362 g/mol. The Bertz CT molecular complexity index is 775. The van der Waals surface area contributed by atoms with Crippen molar-refractivity contribution in [1.29, 1.82) is 0 Å². The lowest BCUT2D eigenvalue weighted by Crippen LogP contribution is -2.61. The molecule has 5 nitrogen and oxygen atoms in total. The average molecular weight is 395 g/mol. The van der Waals surface area contributed by atoms with Gasteiger partial charge in [0.2, 0.25) is 0 Å². The second kappa shape index (κ2) is 10.3. The Morgan fingerprint density at radius 2 is 1.66 bits per heavy atom. The van der Waals surface area contributed by atoms with E-state index in [4.69, 9.17) is 0 Å². The molecule has 1 atom stereocenters. The Hall–Kier alpha value is -2.50. The maximum absolute atomic E-state index is 13.5. The lowest BCUT2D eigenvalue weighted by Gasteiger charge is -2.37. The van der Waals surface area contributed by atoms with Gasteiger partial charge in [0.1, 0.15) is 6.54 Å². The molecule has 5 heteroatoms. The van der Waals surface area contributed by atoms with Gasteiger partial charge >= 0.3 is 6.41 Å². The Labute approximate surface area is 173 Å². The van der Waals surface area contributed by atoms with Gasteiger partial charge in [-0.3, -0.25) is 4.79 Å². The Morgan fingerprint density at radius 1 is 1.03 bits per heavy atom. The van der Waals surface area contributed by atoms with Gasteiger partial charge in [-0.1, -0.05) is 67.8 Å². The van der Waals surface area contributed by atoms with E-state index in [0.717, 1.165) is 49.8 Å². The van der Waals surface area contributed by atoms with Crippen molar-refractivity contribution in [3.63, 3.8) is 0 Å². The van der Waals surface area contributed by atoms with Gasteiger partial charge in [-0.05, 0) is 30.5 Å². The van der Waals surface area contributed by atoms with Gasteiger partial charge in [-0.25, -0.2) is 4.79 Å². The second-order valence-electron chi connectivity index (χ2n) is 7.87. The summed E-state index contributed by atoms with van der Waals surface area (Å²) in [5.74, 6) is -0.00221. The van der Waals surface area contributed by atoms with Crippen molar-refractivity contribution in [2.24, 2.45) is 0 Å². The number of amides is 2. The van der Waals surface area contributed by atoms with Crippen LogP contribution in [0.5, 0.6) is 0 Å². The zero-order valence-electron chi connectivity index (χ0n) is 17.3. The fourth-order valence-corrected chi connectivity index (χ4v) is 4.19. The van der Waals surface area contributed by atoms with Crippen LogP contribution in [0.1, 0.15) is 37.7 Å². The summed E-state index contributed by atoms with van der Waals surface area (Å²) >= 11 is 0. The highest BCUT2D eigenvalue weighted by molar-refractivity contribution is 5.95. The molecule has 0 bridgehead atoms. The van der Waals surface area contributed by atoms with Crippen LogP contribution in [0, 0.1) is 0 Å². The molecule has 1 saturated carbocycles. The number of rotatable bonds is 9. The van der Waals surface area contributed by atoms with E-state index in [9.17, 15) is 9.59 Å². The molecule has 154 valence electrons. The summed E-state index contributed by atoms with van der Waals surface area (Å²) in [6.45, 7) is 0.640. The molecule has 1 aliphatic carbocycles. The van der Waals surface area contributed by atoms with Gasteiger partial charge in [0.15, 0.2) is 6.54 Å². The monoisotopic (exact) mass is 394 g/mol. The molecule has 1 unspecified atom stereocenters. The average Bonchev–Trinajstić information content (AvgIpc) is 2.79. The molecule has 1 aliphatic rings. The van der Waals surface area contributed by atoms with Crippen molar-refractivity contribution >= 4 is 18.0 Å². The highest BCUT2D eigenvalue weighted by Crippen LogP contribution is 2.28. The van der Waals surface area contributed by atoms with Crippen molar-refractivity contribution in [1.82, 2.24) is 5.43 Å². The van der Waals surface area contributed by atoms with Crippen molar-refractivity contribution in [2.75, 3.05) is 25.0 Å². The molecule has 2 aromatic carbocycles. The third kappa shape index (κ3) is 5.52. The first-order valence-electron chi connectivity index (χ1n) is 10.6. The fraction of sp³-hybridized carbons (Fsp3) is 0.417. The van der Waals surface area contributed by atoms with Gasteiger partial charge in [0, 0.05) is 25.2 Å². The first-order chi connectivity index (χ1) is 14.2. The maximum atomic E-state index is 13.5. The predicted molar refractivity (Wildman–Crippen MR) is 116 cm³/mol. The largest absolute Gasteiger partial charge is 0.321 e. The number of benzene rings is 2. The topological polar surface area (TPSA) is 49.4 Å². The molecule has 0 heterocycles. The number of carbonyl (C=O) groups excluding carboxylic acids is 2. The summed E-state index contributed by atoms with van der Waals surface area (Å²) in [5, 5.41) is 0. The second-order valence-corrected chi connectivity index (χ2v) is 7.87. The van der Waals surface area contributed by atoms with E-state index in [1.165, 1.54) is 6.42 Å². The van der Waals surface area contributed by atoms with Crippen LogP contribution >= 0.6 is 0 Å². The lowest BCUT2D eigenvalue weighted by molar-refractivity contribution is -0.880. The number of nitrogens with zero attached hydrogens (tertiary/aromatic N) is 2. The van der Waals surface area contributed by atoms with Gasteiger partial charge in [0.05, 0.1) is 0 Å². The molecule has 0 radical (unpaired) electrons. The van der Waals surface area contributed by atoms with Crippen molar-refractivity contribution in [3.05, 3.63) is 66.2 Å². The molecule has 29 heavy (non-hydrogen) atoms. The number of hydrogen-bond donors (Lipinski definition) is 1. The molecule has 0 aliphatic heterocycles. The number of nitrogens with one attached hydrogen (secondary N) is 1. The molecule has 0 saturated heterocycles. The van der Waals surface area contributed by atoms with Gasteiger partial charge in [0.25, 0.3) is 5.91 Å². The molecule has 1 N–H and O–H groups in total. The van der Waals surface area contributed by atoms with E-state index in [-0.39, 0.29) is 23.1 Å². The minimum atomic E-state index is -0.0796. The lowest BCUT2D eigenvalue weighted by atomic mass is 9.93. The zero-order valence-corrected chi connectivity index (χ0v) is 17.3. The maximum Gasteiger partial charge on any atom is 0.321 e. The number of para-hydroxylation sites is 1.